The van der Waals surface area contributed by atoms with E-state index in [2.05, 4.69) is 0 Å². The maximum Gasteiger partial charge on any atom is 0.266 e. The van der Waals surface area contributed by atoms with Crippen molar-refractivity contribution >= 4 is 68.4 Å². The number of benzene rings is 2. The van der Waals surface area contributed by atoms with Crippen LogP contribution in [-0.4, -0.2) is 14.3 Å². The zero-order valence-corrected chi connectivity index (χ0v) is 15.6. The SMILES string of the molecule is O=C(NS(=O)(=O)C=Cc1ccc(Cl)c(Cl)c1)c1ccc(Cl)cc1Cl. The smallest absolute Gasteiger partial charge is 0.266 e. The predicted octanol–water partition coefficient (Wildman–Crippen LogP) is 5.03. The number of hydrogen-bond acceptors (Lipinski definition) is 3. The van der Waals surface area contributed by atoms with Gasteiger partial charge in [-0.3, -0.25) is 4.79 Å². The van der Waals surface area contributed by atoms with E-state index in [1.54, 1.807) is 6.07 Å². The fourth-order valence-electron chi connectivity index (χ4n) is 1.68. The van der Waals surface area contributed by atoms with Gasteiger partial charge in [0, 0.05) is 5.02 Å². The minimum Gasteiger partial charge on any atom is -0.268 e. The van der Waals surface area contributed by atoms with Gasteiger partial charge in [0.05, 0.1) is 26.0 Å². The third-order valence-electron chi connectivity index (χ3n) is 2.79. The number of carbonyl (C=O) groups excluding carboxylic acids is 1. The Balaban J connectivity index is 2.16. The third-order valence-corrected chi connectivity index (χ3v) is 5.05. The second-order valence-corrected chi connectivity index (χ2v) is 7.80. The van der Waals surface area contributed by atoms with Crippen LogP contribution in [0.15, 0.2) is 41.8 Å². The van der Waals surface area contributed by atoms with Crippen LogP contribution in [0.2, 0.25) is 20.1 Å². The van der Waals surface area contributed by atoms with Gasteiger partial charge in [0.25, 0.3) is 15.9 Å². The van der Waals surface area contributed by atoms with Crippen LogP contribution in [0.5, 0.6) is 0 Å². The molecular formula is C15H9Cl4NO3S. The maximum atomic E-state index is 12.0. The first kappa shape index (κ1) is 19.1. The molecule has 1 N–H and O–H groups in total. The van der Waals surface area contributed by atoms with Crippen LogP contribution < -0.4 is 4.72 Å². The van der Waals surface area contributed by atoms with Crippen LogP contribution in [0, 0.1) is 0 Å². The predicted molar refractivity (Wildman–Crippen MR) is 98.3 cm³/mol. The highest BCUT2D eigenvalue weighted by atomic mass is 35.5. The van der Waals surface area contributed by atoms with E-state index in [9.17, 15) is 13.2 Å². The van der Waals surface area contributed by atoms with Crippen molar-refractivity contribution in [2.45, 2.75) is 0 Å². The van der Waals surface area contributed by atoms with Gasteiger partial charge in [0.1, 0.15) is 0 Å². The van der Waals surface area contributed by atoms with Crippen LogP contribution in [0.25, 0.3) is 6.08 Å². The summed E-state index contributed by atoms with van der Waals surface area (Å²) in [7, 11) is -4.02. The molecule has 0 fully saturated rings. The summed E-state index contributed by atoms with van der Waals surface area (Å²) in [4.78, 5) is 12.0. The molecule has 0 spiro atoms. The molecule has 24 heavy (non-hydrogen) atoms. The molecule has 0 aliphatic heterocycles. The van der Waals surface area contributed by atoms with E-state index in [1.807, 2.05) is 4.72 Å². The van der Waals surface area contributed by atoms with Crippen molar-refractivity contribution < 1.29 is 13.2 Å². The summed E-state index contributed by atoms with van der Waals surface area (Å²) in [5, 5.41) is 1.85. The minimum absolute atomic E-state index is 0.00687. The van der Waals surface area contributed by atoms with Crippen molar-refractivity contribution in [2.24, 2.45) is 0 Å². The molecule has 0 aliphatic carbocycles. The Hall–Kier alpha value is -1.24. The van der Waals surface area contributed by atoms with E-state index in [-0.39, 0.29) is 15.6 Å². The Labute approximate surface area is 159 Å². The van der Waals surface area contributed by atoms with Gasteiger partial charge in [-0.1, -0.05) is 52.5 Å². The van der Waals surface area contributed by atoms with E-state index < -0.39 is 15.9 Å². The highest BCUT2D eigenvalue weighted by Gasteiger charge is 2.16. The molecule has 0 saturated heterocycles. The van der Waals surface area contributed by atoms with E-state index in [0.29, 0.717) is 15.6 Å². The highest BCUT2D eigenvalue weighted by Crippen LogP contribution is 2.23. The monoisotopic (exact) mass is 423 g/mol. The number of sulfonamides is 1. The number of hydrogen-bond donors (Lipinski definition) is 1. The second kappa shape index (κ2) is 7.76. The van der Waals surface area contributed by atoms with Gasteiger partial charge in [0.2, 0.25) is 0 Å². The van der Waals surface area contributed by atoms with Gasteiger partial charge in [0.15, 0.2) is 0 Å². The van der Waals surface area contributed by atoms with Crippen LogP contribution in [-0.2, 0) is 10.0 Å². The molecule has 0 aromatic heterocycles. The molecule has 0 saturated carbocycles. The first-order chi connectivity index (χ1) is 11.2. The van der Waals surface area contributed by atoms with Crippen molar-refractivity contribution in [3.05, 3.63) is 73.0 Å². The van der Waals surface area contributed by atoms with Crippen molar-refractivity contribution in [1.29, 1.82) is 0 Å². The molecule has 0 aliphatic rings. The molecule has 2 rings (SSSR count). The molecule has 0 unspecified atom stereocenters. The largest absolute Gasteiger partial charge is 0.268 e. The molecule has 0 atom stereocenters. The summed E-state index contributed by atoms with van der Waals surface area (Å²) < 4.78 is 25.8. The summed E-state index contributed by atoms with van der Waals surface area (Å²) in [5.74, 6) is -0.865. The van der Waals surface area contributed by atoms with Gasteiger partial charge in [-0.15, -0.1) is 0 Å². The molecule has 1 amide bonds. The first-order valence-electron chi connectivity index (χ1n) is 6.33. The average molecular weight is 425 g/mol. The Morgan fingerprint density at radius 1 is 0.917 bits per heavy atom. The zero-order chi connectivity index (χ0) is 17.9. The fraction of sp³-hybridized carbons (Fsp3) is 0. The molecular weight excluding hydrogens is 416 g/mol. The lowest BCUT2D eigenvalue weighted by atomic mass is 10.2. The van der Waals surface area contributed by atoms with Gasteiger partial charge >= 0.3 is 0 Å². The van der Waals surface area contributed by atoms with Crippen LogP contribution in [0.4, 0.5) is 0 Å². The van der Waals surface area contributed by atoms with E-state index in [1.165, 1.54) is 36.4 Å². The number of carbonyl (C=O) groups is 1. The van der Waals surface area contributed by atoms with Gasteiger partial charge in [-0.2, -0.15) is 0 Å². The summed E-state index contributed by atoms with van der Waals surface area (Å²) in [5.41, 5.74) is 0.499. The van der Waals surface area contributed by atoms with E-state index in [0.717, 1.165) is 5.41 Å². The zero-order valence-electron chi connectivity index (χ0n) is 11.8. The fourth-order valence-corrected chi connectivity index (χ4v) is 3.25. The average Bonchev–Trinajstić information content (AvgIpc) is 2.48. The number of nitrogens with one attached hydrogen (secondary N) is 1. The van der Waals surface area contributed by atoms with Crippen LogP contribution >= 0.6 is 46.4 Å². The summed E-state index contributed by atoms with van der Waals surface area (Å²) in [6.07, 6.45) is 1.28. The lowest BCUT2D eigenvalue weighted by Crippen LogP contribution is -2.29. The molecule has 0 bridgehead atoms. The molecule has 2 aromatic rings. The first-order valence-corrected chi connectivity index (χ1v) is 9.39. The Kier molecular flexibility index (Phi) is 6.17. The standard InChI is InChI=1S/C15H9Cl4NO3S/c16-10-2-3-11(13(18)8-10)15(21)20-24(22,23)6-5-9-1-4-12(17)14(19)7-9/h1-8H,(H,20,21). The van der Waals surface area contributed by atoms with Crippen LogP contribution in [0.3, 0.4) is 0 Å². The molecule has 2 aromatic carbocycles. The van der Waals surface area contributed by atoms with Gasteiger partial charge in [-0.25, -0.2) is 13.1 Å². The Morgan fingerprint density at radius 3 is 2.25 bits per heavy atom. The van der Waals surface area contributed by atoms with E-state index >= 15 is 0 Å². The van der Waals surface area contributed by atoms with Crippen molar-refractivity contribution in [2.75, 3.05) is 0 Å². The van der Waals surface area contributed by atoms with Gasteiger partial charge in [-0.05, 0) is 42.0 Å². The number of amides is 1. The number of rotatable bonds is 4. The summed E-state index contributed by atoms with van der Waals surface area (Å²) >= 11 is 23.2. The summed E-state index contributed by atoms with van der Waals surface area (Å²) in [6, 6.07) is 8.71. The lowest BCUT2D eigenvalue weighted by molar-refractivity contribution is 0.0982. The normalized spacial score (nSPS) is 11.7. The topological polar surface area (TPSA) is 63.2 Å². The van der Waals surface area contributed by atoms with E-state index in [4.69, 9.17) is 46.4 Å². The quantitative estimate of drug-likeness (QED) is 0.748. The maximum absolute atomic E-state index is 12.0. The molecule has 126 valence electrons. The third kappa shape index (κ3) is 5.13. The second-order valence-electron chi connectivity index (χ2n) is 4.58. The van der Waals surface area contributed by atoms with Crippen molar-refractivity contribution in [3.63, 3.8) is 0 Å². The van der Waals surface area contributed by atoms with Crippen LogP contribution in [0.1, 0.15) is 15.9 Å². The van der Waals surface area contributed by atoms with Gasteiger partial charge < -0.3 is 0 Å². The lowest BCUT2D eigenvalue weighted by Gasteiger charge is -2.05. The Bertz CT molecular complexity index is 926. The molecule has 4 nitrogen and oxygen atoms in total. The molecule has 9 heteroatoms. The Morgan fingerprint density at radius 2 is 1.62 bits per heavy atom. The molecule has 0 heterocycles. The highest BCUT2D eigenvalue weighted by molar-refractivity contribution is 7.93. The van der Waals surface area contributed by atoms with Crippen molar-refractivity contribution in [3.8, 4) is 0 Å². The minimum atomic E-state index is -4.02. The summed E-state index contributed by atoms with van der Waals surface area (Å²) in [6.45, 7) is 0. The number of halogens is 4. The van der Waals surface area contributed by atoms with Crippen molar-refractivity contribution in [1.82, 2.24) is 4.72 Å². The molecule has 0 radical (unpaired) electrons.